The minimum absolute atomic E-state index is 0.139. The maximum atomic E-state index is 13.7. The number of rotatable bonds is 6. The molecule has 3 atom stereocenters. The molecule has 1 fully saturated rings. The number of benzene rings is 2. The molecule has 2 aromatic rings. The third-order valence-electron chi connectivity index (χ3n) is 7.84. The van der Waals surface area contributed by atoms with Crippen molar-refractivity contribution < 1.29 is 23.8 Å². The lowest BCUT2D eigenvalue weighted by Gasteiger charge is -2.44. The van der Waals surface area contributed by atoms with Gasteiger partial charge in [0.05, 0.1) is 0 Å². The highest BCUT2D eigenvalue weighted by atomic mass is 16.7. The highest BCUT2D eigenvalue weighted by Crippen LogP contribution is 2.45. The van der Waals surface area contributed by atoms with Gasteiger partial charge >= 0.3 is 6.09 Å². The van der Waals surface area contributed by atoms with Gasteiger partial charge < -0.3 is 14.2 Å². The molecule has 6 heteroatoms. The highest BCUT2D eigenvalue weighted by molar-refractivity contribution is 6.08. The molecule has 0 N–H and O–H groups in total. The maximum Gasteiger partial charge on any atom is 0.418 e. The van der Waals surface area contributed by atoms with Gasteiger partial charge in [0, 0.05) is 25.7 Å². The van der Waals surface area contributed by atoms with Crippen LogP contribution in [0.15, 0.2) is 54.6 Å². The summed E-state index contributed by atoms with van der Waals surface area (Å²) in [7, 11) is 3.02. The first-order valence-electron chi connectivity index (χ1n) is 12.0. The Morgan fingerprint density at radius 2 is 1.62 bits per heavy atom. The zero-order valence-electron chi connectivity index (χ0n) is 20.7. The summed E-state index contributed by atoms with van der Waals surface area (Å²) >= 11 is 0. The fraction of sp³-hybridized carbons (Fsp3) is 0.500. The number of amides is 2. The van der Waals surface area contributed by atoms with E-state index in [-0.39, 0.29) is 17.4 Å². The van der Waals surface area contributed by atoms with Crippen LogP contribution < -0.4 is 0 Å². The van der Waals surface area contributed by atoms with Gasteiger partial charge in [-0.3, -0.25) is 4.79 Å². The van der Waals surface area contributed by atoms with Gasteiger partial charge in [-0.05, 0) is 48.8 Å². The lowest BCUT2D eigenvalue weighted by Crippen LogP contribution is -2.55. The van der Waals surface area contributed by atoms with Gasteiger partial charge in [0.2, 0.25) is 0 Å². The second-order valence-electron chi connectivity index (χ2n) is 10.0. The van der Waals surface area contributed by atoms with Crippen LogP contribution in [0.4, 0.5) is 4.79 Å². The first-order valence-corrected chi connectivity index (χ1v) is 12.0. The number of hydrogen-bond acceptors (Lipinski definition) is 5. The van der Waals surface area contributed by atoms with E-state index in [1.165, 1.54) is 24.7 Å². The van der Waals surface area contributed by atoms with Crippen molar-refractivity contribution in [3.63, 3.8) is 0 Å². The monoisotopic (exact) mass is 465 g/mol. The molecule has 0 unspecified atom stereocenters. The van der Waals surface area contributed by atoms with Crippen LogP contribution >= 0.6 is 0 Å². The average molecular weight is 466 g/mol. The maximum absolute atomic E-state index is 13.7. The molecule has 0 radical (unpaired) electrons. The number of nitrogens with zero attached hydrogens (tertiary/aromatic N) is 1. The number of ether oxygens (including phenoxy) is 3. The third kappa shape index (κ3) is 3.93. The quantitative estimate of drug-likeness (QED) is 0.516. The first-order chi connectivity index (χ1) is 16.3. The lowest BCUT2D eigenvalue weighted by molar-refractivity contribution is -0.173. The molecule has 182 valence electrons. The fourth-order valence-corrected chi connectivity index (χ4v) is 5.95. The Hall–Kier alpha value is -2.70. The molecule has 0 aromatic heterocycles. The molecular weight excluding hydrogens is 430 g/mol. The standard InChI is InChI=1S/C28H35NO5/c1-27(2,19-13-7-6-8-14-19)22-17-11-12-18-23(22)34-26(31)29-24(30)20-15-9-10-16-21(20)28(29,3)25(32-4)33-5/h6-10,13-16,22-23,25H,11-12,17-18H2,1-5H3/t22-,23-,28-/m0/s1. The molecule has 1 saturated carbocycles. The Labute approximate surface area is 202 Å². The fourth-order valence-electron chi connectivity index (χ4n) is 5.95. The molecular formula is C28H35NO5. The minimum atomic E-state index is -1.15. The van der Waals surface area contributed by atoms with Crippen molar-refractivity contribution in [3.05, 3.63) is 71.3 Å². The Bertz CT molecular complexity index is 1030. The van der Waals surface area contributed by atoms with Crippen molar-refractivity contribution >= 4 is 12.0 Å². The van der Waals surface area contributed by atoms with Crippen LogP contribution in [0.2, 0.25) is 0 Å². The van der Waals surface area contributed by atoms with Gasteiger partial charge in [0.1, 0.15) is 11.6 Å². The van der Waals surface area contributed by atoms with Gasteiger partial charge in [-0.1, -0.05) is 68.8 Å². The van der Waals surface area contributed by atoms with Gasteiger partial charge in [-0.15, -0.1) is 0 Å². The number of methoxy groups -OCH3 is 2. The normalized spacial score (nSPS) is 24.9. The predicted molar refractivity (Wildman–Crippen MR) is 129 cm³/mol. The van der Waals surface area contributed by atoms with E-state index in [0.717, 1.165) is 25.7 Å². The van der Waals surface area contributed by atoms with E-state index in [0.29, 0.717) is 11.1 Å². The van der Waals surface area contributed by atoms with Crippen molar-refractivity contribution in [1.82, 2.24) is 4.90 Å². The largest absolute Gasteiger partial charge is 0.445 e. The second-order valence-corrected chi connectivity index (χ2v) is 10.0. The predicted octanol–water partition coefficient (Wildman–Crippen LogP) is 5.65. The zero-order chi connectivity index (χ0) is 24.5. The summed E-state index contributed by atoms with van der Waals surface area (Å²) in [5.74, 6) is -0.253. The van der Waals surface area contributed by atoms with Crippen LogP contribution in [0.25, 0.3) is 0 Å². The Morgan fingerprint density at radius 3 is 2.29 bits per heavy atom. The van der Waals surface area contributed by atoms with E-state index in [1.807, 2.05) is 30.3 Å². The summed E-state index contributed by atoms with van der Waals surface area (Å²) in [4.78, 5) is 28.4. The minimum Gasteiger partial charge on any atom is -0.445 e. The average Bonchev–Trinajstić information content (AvgIpc) is 3.08. The Kier molecular flexibility index (Phi) is 6.83. The summed E-state index contributed by atoms with van der Waals surface area (Å²) in [6, 6.07) is 17.6. The molecule has 1 aliphatic carbocycles. The first kappa shape index (κ1) is 24.4. The lowest BCUT2D eigenvalue weighted by atomic mass is 9.66. The van der Waals surface area contributed by atoms with Crippen molar-refractivity contribution in [3.8, 4) is 0 Å². The van der Waals surface area contributed by atoms with Crippen LogP contribution in [-0.2, 0) is 25.2 Å². The van der Waals surface area contributed by atoms with Gasteiger partial charge in [-0.25, -0.2) is 9.69 Å². The Balaban J connectivity index is 1.66. The van der Waals surface area contributed by atoms with Gasteiger partial charge in [0.25, 0.3) is 5.91 Å². The molecule has 2 amide bonds. The van der Waals surface area contributed by atoms with Crippen LogP contribution in [0.1, 0.15) is 67.9 Å². The molecule has 2 aliphatic rings. The SMILES string of the molecule is COC(OC)[C@]1(C)c2ccccc2C(=O)N1C(=O)O[C@H]1CCCC[C@@H]1C(C)(C)c1ccccc1. The van der Waals surface area contributed by atoms with Crippen molar-refractivity contribution in [1.29, 1.82) is 0 Å². The van der Waals surface area contributed by atoms with Crippen LogP contribution in [-0.4, -0.2) is 43.5 Å². The molecule has 0 saturated heterocycles. The molecule has 0 spiro atoms. The van der Waals surface area contributed by atoms with E-state index in [1.54, 1.807) is 19.1 Å². The summed E-state index contributed by atoms with van der Waals surface area (Å²) < 4.78 is 17.3. The number of carbonyl (C=O) groups excluding carboxylic acids is 2. The molecule has 4 rings (SSSR count). The summed E-state index contributed by atoms with van der Waals surface area (Å²) in [5, 5.41) is 0. The van der Waals surface area contributed by atoms with E-state index in [2.05, 4.69) is 26.0 Å². The second kappa shape index (κ2) is 9.51. The van der Waals surface area contributed by atoms with E-state index in [4.69, 9.17) is 14.2 Å². The number of carbonyl (C=O) groups is 2. The zero-order valence-corrected chi connectivity index (χ0v) is 20.7. The van der Waals surface area contributed by atoms with Crippen molar-refractivity contribution in [2.24, 2.45) is 5.92 Å². The topological polar surface area (TPSA) is 65.1 Å². The number of fused-ring (bicyclic) bond motifs is 1. The summed E-state index contributed by atoms with van der Waals surface area (Å²) in [6.07, 6.45) is 2.04. The number of imide groups is 1. The smallest absolute Gasteiger partial charge is 0.418 e. The van der Waals surface area contributed by atoms with Crippen molar-refractivity contribution in [2.45, 2.75) is 69.8 Å². The number of hydrogen-bond donors (Lipinski definition) is 0. The molecule has 2 aromatic carbocycles. The van der Waals surface area contributed by atoms with Crippen LogP contribution in [0, 0.1) is 5.92 Å². The van der Waals surface area contributed by atoms with Crippen LogP contribution in [0.3, 0.4) is 0 Å². The Morgan fingerprint density at radius 1 is 1.00 bits per heavy atom. The summed E-state index contributed by atoms with van der Waals surface area (Å²) in [5.41, 5.74) is 1.04. The van der Waals surface area contributed by atoms with Gasteiger partial charge in [0.15, 0.2) is 6.29 Å². The summed E-state index contributed by atoms with van der Waals surface area (Å²) in [6.45, 7) is 6.22. The molecule has 34 heavy (non-hydrogen) atoms. The van der Waals surface area contributed by atoms with E-state index in [9.17, 15) is 9.59 Å². The molecule has 0 bridgehead atoms. The molecule has 1 heterocycles. The van der Waals surface area contributed by atoms with E-state index >= 15 is 0 Å². The van der Waals surface area contributed by atoms with Gasteiger partial charge in [-0.2, -0.15) is 0 Å². The van der Waals surface area contributed by atoms with E-state index < -0.39 is 23.8 Å². The van der Waals surface area contributed by atoms with Crippen molar-refractivity contribution in [2.75, 3.05) is 14.2 Å². The third-order valence-corrected chi connectivity index (χ3v) is 7.84. The highest BCUT2D eigenvalue weighted by Gasteiger charge is 2.56. The van der Waals surface area contributed by atoms with Crippen LogP contribution in [0.5, 0.6) is 0 Å². The molecule has 1 aliphatic heterocycles. The molecule has 6 nitrogen and oxygen atoms in total.